The second-order valence-corrected chi connectivity index (χ2v) is 5.21. The van der Waals surface area contributed by atoms with Crippen LogP contribution in [-0.4, -0.2) is 58.7 Å². The van der Waals surface area contributed by atoms with Gasteiger partial charge < -0.3 is 15.2 Å². The van der Waals surface area contributed by atoms with Gasteiger partial charge in [-0.1, -0.05) is 30.3 Å². The summed E-state index contributed by atoms with van der Waals surface area (Å²) in [6, 6.07) is 4.42. The molecule has 1 heterocycles. The summed E-state index contributed by atoms with van der Waals surface area (Å²) in [6.07, 6.45) is -0.875. The number of carbonyl (C=O) groups is 4. The molecule has 0 saturated carbocycles. The fourth-order valence-electron chi connectivity index (χ4n) is 2.42. The third-order valence-corrected chi connectivity index (χ3v) is 3.59. The Kier molecular flexibility index (Phi) is 5.02. The van der Waals surface area contributed by atoms with Crippen molar-refractivity contribution in [2.75, 3.05) is 13.7 Å². The standard InChI is InChI=1S/C15H17N3O6/c1-9-8-17(15(23)24-2)14(22)18(9)13(21)16-11(12(19)20)10-6-4-3-5-7-10/h3-7,9,11H,8H2,1-2H3,(H,16,21)(H,19,20). The van der Waals surface area contributed by atoms with Crippen molar-refractivity contribution in [3.05, 3.63) is 35.9 Å². The maximum atomic E-state index is 12.4. The maximum absolute atomic E-state index is 12.4. The molecule has 1 aromatic rings. The number of nitrogens with one attached hydrogen (secondary N) is 1. The Bertz CT molecular complexity index is 662. The summed E-state index contributed by atoms with van der Waals surface area (Å²) in [5, 5.41) is 11.6. The Morgan fingerprint density at radius 1 is 1.29 bits per heavy atom. The molecule has 0 bridgehead atoms. The normalized spacial score (nSPS) is 18.2. The number of ether oxygens (including phenoxy) is 1. The van der Waals surface area contributed by atoms with E-state index in [1.807, 2.05) is 0 Å². The number of carbonyl (C=O) groups excluding carboxylic acids is 3. The van der Waals surface area contributed by atoms with E-state index in [1.165, 1.54) is 0 Å². The third kappa shape index (κ3) is 3.29. The van der Waals surface area contributed by atoms with E-state index in [0.717, 1.165) is 16.9 Å². The maximum Gasteiger partial charge on any atom is 0.417 e. The van der Waals surface area contributed by atoms with Crippen LogP contribution in [0.4, 0.5) is 14.4 Å². The number of amides is 5. The van der Waals surface area contributed by atoms with Crippen molar-refractivity contribution in [2.45, 2.75) is 19.0 Å². The van der Waals surface area contributed by atoms with Gasteiger partial charge in [-0.3, -0.25) is 0 Å². The summed E-state index contributed by atoms with van der Waals surface area (Å²) in [7, 11) is 1.12. The minimum Gasteiger partial charge on any atom is -0.479 e. The Balaban J connectivity index is 2.17. The van der Waals surface area contributed by atoms with Crippen molar-refractivity contribution >= 4 is 24.1 Å². The van der Waals surface area contributed by atoms with Crippen LogP contribution in [0.15, 0.2) is 30.3 Å². The van der Waals surface area contributed by atoms with Gasteiger partial charge in [0.25, 0.3) is 0 Å². The molecular weight excluding hydrogens is 318 g/mol. The number of rotatable bonds is 3. The SMILES string of the molecule is COC(=O)N1CC(C)N(C(=O)NC(C(=O)O)c2ccccc2)C1=O. The Hall–Kier alpha value is -3.10. The highest BCUT2D eigenvalue weighted by atomic mass is 16.5. The summed E-state index contributed by atoms with van der Waals surface area (Å²) < 4.78 is 4.48. The highest BCUT2D eigenvalue weighted by molar-refractivity contribution is 6.02. The quantitative estimate of drug-likeness (QED) is 0.863. The average Bonchev–Trinajstić information content (AvgIpc) is 2.87. The molecule has 9 heteroatoms. The fourth-order valence-corrected chi connectivity index (χ4v) is 2.42. The van der Waals surface area contributed by atoms with Crippen LogP contribution in [0.1, 0.15) is 18.5 Å². The average molecular weight is 335 g/mol. The lowest BCUT2D eigenvalue weighted by atomic mass is 10.1. The van der Waals surface area contributed by atoms with E-state index in [0.29, 0.717) is 5.56 Å². The predicted octanol–water partition coefficient (Wildman–Crippen LogP) is 1.41. The molecule has 2 N–H and O–H groups in total. The highest BCUT2D eigenvalue weighted by Gasteiger charge is 2.43. The van der Waals surface area contributed by atoms with Gasteiger partial charge in [0.1, 0.15) is 0 Å². The fraction of sp³-hybridized carbons (Fsp3) is 0.333. The zero-order chi connectivity index (χ0) is 17.9. The largest absolute Gasteiger partial charge is 0.479 e. The lowest BCUT2D eigenvalue weighted by Crippen LogP contribution is -2.48. The van der Waals surface area contributed by atoms with E-state index in [9.17, 15) is 24.3 Å². The Labute approximate surface area is 137 Å². The number of nitrogens with zero attached hydrogens (tertiary/aromatic N) is 2. The van der Waals surface area contributed by atoms with Gasteiger partial charge >= 0.3 is 24.1 Å². The number of carboxylic acids is 1. The van der Waals surface area contributed by atoms with E-state index >= 15 is 0 Å². The minimum absolute atomic E-state index is 0.0258. The lowest BCUT2D eigenvalue weighted by molar-refractivity contribution is -0.139. The number of hydrogen-bond acceptors (Lipinski definition) is 5. The molecule has 0 spiro atoms. The predicted molar refractivity (Wildman–Crippen MR) is 81.2 cm³/mol. The van der Waals surface area contributed by atoms with Crippen molar-refractivity contribution < 1.29 is 29.0 Å². The van der Waals surface area contributed by atoms with Gasteiger partial charge in [-0.15, -0.1) is 0 Å². The van der Waals surface area contributed by atoms with Crippen molar-refractivity contribution in [2.24, 2.45) is 0 Å². The molecule has 2 atom stereocenters. The smallest absolute Gasteiger partial charge is 0.417 e. The molecule has 0 radical (unpaired) electrons. The van der Waals surface area contributed by atoms with E-state index in [2.05, 4.69) is 10.1 Å². The summed E-state index contributed by atoms with van der Waals surface area (Å²) in [4.78, 5) is 49.1. The monoisotopic (exact) mass is 335 g/mol. The summed E-state index contributed by atoms with van der Waals surface area (Å²) in [5.41, 5.74) is 0.363. The van der Waals surface area contributed by atoms with E-state index < -0.39 is 36.2 Å². The first kappa shape index (κ1) is 17.3. The molecule has 1 aliphatic heterocycles. The molecular formula is C15H17N3O6. The van der Waals surface area contributed by atoms with Gasteiger partial charge in [0.15, 0.2) is 6.04 Å². The van der Waals surface area contributed by atoms with Crippen LogP contribution in [0.2, 0.25) is 0 Å². The molecule has 24 heavy (non-hydrogen) atoms. The van der Waals surface area contributed by atoms with E-state index in [1.54, 1.807) is 37.3 Å². The first-order valence-corrected chi connectivity index (χ1v) is 7.13. The van der Waals surface area contributed by atoms with Gasteiger partial charge in [-0.25, -0.2) is 29.0 Å². The van der Waals surface area contributed by atoms with Crippen LogP contribution in [0.25, 0.3) is 0 Å². The van der Waals surface area contributed by atoms with Crippen LogP contribution in [-0.2, 0) is 9.53 Å². The topological polar surface area (TPSA) is 116 Å². The van der Waals surface area contributed by atoms with Gasteiger partial charge in [0.05, 0.1) is 19.7 Å². The number of aliphatic carboxylic acids is 1. The molecule has 1 fully saturated rings. The Morgan fingerprint density at radius 3 is 2.46 bits per heavy atom. The summed E-state index contributed by atoms with van der Waals surface area (Å²) in [6.45, 7) is 1.54. The first-order valence-electron chi connectivity index (χ1n) is 7.13. The van der Waals surface area contributed by atoms with Gasteiger partial charge in [-0.2, -0.15) is 0 Å². The molecule has 128 valence electrons. The van der Waals surface area contributed by atoms with E-state index in [4.69, 9.17) is 0 Å². The highest BCUT2D eigenvalue weighted by Crippen LogP contribution is 2.19. The molecule has 1 aromatic carbocycles. The molecule has 9 nitrogen and oxygen atoms in total. The van der Waals surface area contributed by atoms with Crippen molar-refractivity contribution in [3.63, 3.8) is 0 Å². The molecule has 2 unspecified atom stereocenters. The molecule has 0 aromatic heterocycles. The number of methoxy groups -OCH3 is 1. The van der Waals surface area contributed by atoms with Crippen LogP contribution in [0.3, 0.4) is 0 Å². The minimum atomic E-state index is -1.31. The summed E-state index contributed by atoms with van der Waals surface area (Å²) in [5.74, 6) is -1.27. The number of imide groups is 2. The summed E-state index contributed by atoms with van der Waals surface area (Å²) >= 11 is 0. The number of benzene rings is 1. The lowest BCUT2D eigenvalue weighted by Gasteiger charge is -2.22. The Morgan fingerprint density at radius 2 is 1.92 bits per heavy atom. The number of hydrogen-bond donors (Lipinski definition) is 2. The molecule has 1 aliphatic rings. The van der Waals surface area contributed by atoms with Gasteiger partial charge in [0, 0.05) is 0 Å². The first-order chi connectivity index (χ1) is 11.4. The molecule has 0 aliphatic carbocycles. The molecule has 1 saturated heterocycles. The van der Waals surface area contributed by atoms with E-state index in [-0.39, 0.29) is 6.54 Å². The van der Waals surface area contributed by atoms with Crippen LogP contribution < -0.4 is 5.32 Å². The molecule has 2 rings (SSSR count). The zero-order valence-electron chi connectivity index (χ0n) is 13.1. The van der Waals surface area contributed by atoms with Crippen LogP contribution in [0.5, 0.6) is 0 Å². The van der Waals surface area contributed by atoms with Crippen LogP contribution >= 0.6 is 0 Å². The van der Waals surface area contributed by atoms with Gasteiger partial charge in [-0.05, 0) is 12.5 Å². The zero-order valence-corrected chi connectivity index (χ0v) is 13.1. The van der Waals surface area contributed by atoms with Crippen molar-refractivity contribution in [1.82, 2.24) is 15.1 Å². The van der Waals surface area contributed by atoms with Crippen molar-refractivity contribution in [3.8, 4) is 0 Å². The number of carboxylic acid groups (broad SMARTS) is 1. The second-order valence-electron chi connectivity index (χ2n) is 5.21. The third-order valence-electron chi connectivity index (χ3n) is 3.59. The van der Waals surface area contributed by atoms with Crippen molar-refractivity contribution in [1.29, 1.82) is 0 Å². The number of urea groups is 2. The second kappa shape index (κ2) is 6.99. The van der Waals surface area contributed by atoms with Gasteiger partial charge in [0.2, 0.25) is 0 Å². The molecule has 5 amide bonds. The van der Waals surface area contributed by atoms with Crippen LogP contribution in [0, 0.1) is 0 Å².